The van der Waals surface area contributed by atoms with Crippen molar-refractivity contribution in [2.75, 3.05) is 0 Å². The Morgan fingerprint density at radius 3 is 1.81 bits per heavy atom. The van der Waals surface area contributed by atoms with Gasteiger partial charge in [-0.3, -0.25) is 0 Å². The lowest BCUT2D eigenvalue weighted by Crippen LogP contribution is -2.50. The molecule has 3 rings (SSSR count). The molecule has 146 valence electrons. The first-order valence-electron chi connectivity index (χ1n) is 7.17. The van der Waals surface area contributed by atoms with Gasteiger partial charge in [-0.25, -0.2) is 0 Å². The van der Waals surface area contributed by atoms with Crippen LogP contribution in [0.15, 0.2) is 18.2 Å². The van der Waals surface area contributed by atoms with Gasteiger partial charge in [0.2, 0.25) is 11.5 Å². The van der Waals surface area contributed by atoms with E-state index in [1.54, 1.807) is 0 Å². The summed E-state index contributed by atoms with van der Waals surface area (Å²) >= 11 is 0. The lowest BCUT2D eigenvalue weighted by atomic mass is 9.91. The van der Waals surface area contributed by atoms with Crippen molar-refractivity contribution in [1.82, 2.24) is 0 Å². The van der Waals surface area contributed by atoms with Crippen LogP contribution < -0.4 is 0 Å². The second kappa shape index (κ2) is 5.33. The highest BCUT2D eigenvalue weighted by Gasteiger charge is 2.74. The highest BCUT2D eigenvalue weighted by atomic mass is 19.4. The Kier molecular flexibility index (Phi) is 3.74. The highest BCUT2D eigenvalue weighted by Crippen LogP contribution is 2.60. The highest BCUT2D eigenvalue weighted by molar-refractivity contribution is 5.90. The molecule has 0 heterocycles. The molecule has 0 bridgehead atoms. The van der Waals surface area contributed by atoms with Crippen LogP contribution in [0, 0.1) is 0 Å². The van der Waals surface area contributed by atoms with Gasteiger partial charge in [0.1, 0.15) is 0 Å². The Bertz CT molecular complexity index is 951. The molecular formula is C16H9F7O4. The Hall–Kier alpha value is -2.85. The van der Waals surface area contributed by atoms with E-state index in [1.165, 1.54) is 0 Å². The van der Waals surface area contributed by atoms with Crippen molar-refractivity contribution in [1.29, 1.82) is 0 Å². The molecule has 1 aliphatic carbocycles. The monoisotopic (exact) mass is 398 g/mol. The standard InChI is InChI=1S/C16H9F7O4/c17-14(18,15(19,20)16(21,22)23)7-3-1-2-5-4-6-9(8(5)7)11(25)13(27)12(26)10(6)24/h1-3,24-27H,4H2. The smallest absolute Gasteiger partial charge is 0.460 e. The third kappa shape index (κ3) is 2.30. The van der Waals surface area contributed by atoms with Crippen molar-refractivity contribution in [3.63, 3.8) is 0 Å². The Morgan fingerprint density at radius 1 is 0.704 bits per heavy atom. The van der Waals surface area contributed by atoms with Crippen LogP contribution in [-0.2, 0) is 12.3 Å². The molecule has 0 amide bonds. The molecule has 0 spiro atoms. The number of benzene rings is 2. The van der Waals surface area contributed by atoms with Crippen molar-refractivity contribution in [3.05, 3.63) is 34.9 Å². The third-order valence-electron chi connectivity index (χ3n) is 4.35. The molecule has 2 aromatic carbocycles. The molecule has 0 aliphatic heterocycles. The van der Waals surface area contributed by atoms with E-state index in [4.69, 9.17) is 0 Å². The minimum atomic E-state index is -6.57. The number of fused-ring (bicyclic) bond motifs is 3. The SMILES string of the molecule is Oc1c(O)c(O)c2c(c1O)Cc1cccc(C(F)(F)C(F)(F)C(F)(F)F)c1-2. The topological polar surface area (TPSA) is 80.9 Å². The molecular weight excluding hydrogens is 389 g/mol. The molecule has 0 saturated carbocycles. The first-order chi connectivity index (χ1) is 12.2. The van der Waals surface area contributed by atoms with E-state index in [0.29, 0.717) is 6.07 Å². The summed E-state index contributed by atoms with van der Waals surface area (Å²) in [6.45, 7) is 0. The normalized spacial score (nSPS) is 14.2. The fraction of sp³-hybridized carbons (Fsp3) is 0.250. The van der Waals surface area contributed by atoms with Gasteiger partial charge in [0.25, 0.3) is 0 Å². The zero-order chi connectivity index (χ0) is 20.5. The van der Waals surface area contributed by atoms with Crippen LogP contribution in [0.1, 0.15) is 16.7 Å². The number of hydrogen-bond donors (Lipinski definition) is 4. The lowest BCUT2D eigenvalue weighted by Gasteiger charge is -2.30. The second-order valence-electron chi connectivity index (χ2n) is 5.91. The number of phenolic OH excluding ortho intramolecular Hbond substituents is 4. The number of aromatic hydroxyl groups is 4. The van der Waals surface area contributed by atoms with Crippen molar-refractivity contribution in [2.24, 2.45) is 0 Å². The fourth-order valence-electron chi connectivity index (χ4n) is 3.03. The third-order valence-corrected chi connectivity index (χ3v) is 4.35. The number of alkyl halides is 7. The van der Waals surface area contributed by atoms with Crippen LogP contribution in [0.3, 0.4) is 0 Å². The predicted molar refractivity (Wildman–Crippen MR) is 76.2 cm³/mol. The van der Waals surface area contributed by atoms with E-state index < -0.39 is 69.7 Å². The van der Waals surface area contributed by atoms with E-state index >= 15 is 0 Å². The van der Waals surface area contributed by atoms with Gasteiger partial charge >= 0.3 is 18.0 Å². The first kappa shape index (κ1) is 18.9. The van der Waals surface area contributed by atoms with E-state index in [-0.39, 0.29) is 5.56 Å². The molecule has 11 heteroatoms. The molecule has 0 radical (unpaired) electrons. The molecule has 0 unspecified atom stereocenters. The maximum atomic E-state index is 14.3. The number of phenols is 4. The van der Waals surface area contributed by atoms with Crippen molar-refractivity contribution in [3.8, 4) is 34.1 Å². The quantitative estimate of drug-likeness (QED) is 0.294. The summed E-state index contributed by atoms with van der Waals surface area (Å²) in [6.07, 6.45) is -7.03. The lowest BCUT2D eigenvalue weighted by molar-refractivity contribution is -0.359. The van der Waals surface area contributed by atoms with Crippen molar-refractivity contribution < 1.29 is 51.2 Å². The minimum Gasteiger partial charge on any atom is -0.504 e. The van der Waals surface area contributed by atoms with Gasteiger partial charge in [-0.2, -0.15) is 30.7 Å². The summed E-state index contributed by atoms with van der Waals surface area (Å²) < 4.78 is 93.1. The molecule has 1 aliphatic rings. The van der Waals surface area contributed by atoms with E-state index in [2.05, 4.69) is 0 Å². The summed E-state index contributed by atoms with van der Waals surface area (Å²) in [5, 5.41) is 38.9. The van der Waals surface area contributed by atoms with E-state index in [9.17, 15) is 51.2 Å². The Balaban J connectivity index is 2.36. The molecule has 0 fully saturated rings. The number of rotatable bonds is 2. The molecule has 0 aromatic heterocycles. The van der Waals surface area contributed by atoms with E-state index in [0.717, 1.165) is 12.1 Å². The van der Waals surface area contributed by atoms with Gasteiger partial charge < -0.3 is 20.4 Å². The molecule has 2 aromatic rings. The largest absolute Gasteiger partial charge is 0.504 e. The fourth-order valence-corrected chi connectivity index (χ4v) is 3.03. The summed E-state index contributed by atoms with van der Waals surface area (Å²) in [6, 6.07) is 2.25. The maximum absolute atomic E-state index is 14.3. The van der Waals surface area contributed by atoms with Gasteiger partial charge in [0, 0.05) is 23.1 Å². The van der Waals surface area contributed by atoms with Gasteiger partial charge in [0.05, 0.1) is 0 Å². The first-order valence-corrected chi connectivity index (χ1v) is 7.17. The van der Waals surface area contributed by atoms with Crippen LogP contribution in [-0.4, -0.2) is 32.5 Å². The minimum absolute atomic E-state index is 0.212. The average molecular weight is 398 g/mol. The van der Waals surface area contributed by atoms with Crippen molar-refractivity contribution in [2.45, 2.75) is 24.4 Å². The van der Waals surface area contributed by atoms with Crippen LogP contribution >= 0.6 is 0 Å². The average Bonchev–Trinajstić information content (AvgIpc) is 2.96. The Morgan fingerprint density at radius 2 is 1.26 bits per heavy atom. The van der Waals surface area contributed by atoms with Crippen LogP contribution in [0.4, 0.5) is 30.7 Å². The molecule has 0 atom stereocenters. The zero-order valence-electron chi connectivity index (χ0n) is 12.9. The van der Waals surface area contributed by atoms with Crippen LogP contribution in [0.2, 0.25) is 0 Å². The zero-order valence-corrected chi connectivity index (χ0v) is 12.9. The van der Waals surface area contributed by atoms with Crippen LogP contribution in [0.5, 0.6) is 23.0 Å². The van der Waals surface area contributed by atoms with Gasteiger partial charge in [0.15, 0.2) is 11.5 Å². The molecule has 0 saturated heterocycles. The number of hydrogen-bond acceptors (Lipinski definition) is 4. The maximum Gasteiger partial charge on any atom is 0.460 e. The van der Waals surface area contributed by atoms with Crippen LogP contribution in [0.25, 0.3) is 11.1 Å². The van der Waals surface area contributed by atoms with Gasteiger partial charge in [-0.15, -0.1) is 0 Å². The second-order valence-corrected chi connectivity index (χ2v) is 5.91. The Labute approximate surface area is 145 Å². The molecule has 4 nitrogen and oxygen atoms in total. The molecule has 4 N–H and O–H groups in total. The summed E-state index contributed by atoms with van der Waals surface area (Å²) in [5.74, 6) is -16.9. The summed E-state index contributed by atoms with van der Waals surface area (Å²) in [7, 11) is 0. The summed E-state index contributed by atoms with van der Waals surface area (Å²) in [4.78, 5) is 0. The predicted octanol–water partition coefficient (Wildman–Crippen LogP) is 4.37. The van der Waals surface area contributed by atoms with Gasteiger partial charge in [-0.05, 0) is 11.1 Å². The molecule has 27 heavy (non-hydrogen) atoms. The van der Waals surface area contributed by atoms with E-state index in [1.807, 2.05) is 0 Å². The van der Waals surface area contributed by atoms with Gasteiger partial charge in [-0.1, -0.05) is 18.2 Å². The van der Waals surface area contributed by atoms with Crippen molar-refractivity contribution >= 4 is 0 Å². The summed E-state index contributed by atoms with van der Waals surface area (Å²) in [5.41, 5.74) is -4.01. The number of halogens is 7.